The minimum absolute atomic E-state index is 0.0417. The number of benzene rings is 1. The molecular weight excluding hydrogens is 232 g/mol. The minimum atomic E-state index is -0.416. The molecule has 0 spiro atoms. The summed E-state index contributed by atoms with van der Waals surface area (Å²) in [4.78, 5) is 37.4. The molecule has 1 aromatic rings. The van der Waals surface area contributed by atoms with Crippen LogP contribution in [0.25, 0.3) is 0 Å². The molecule has 1 aromatic carbocycles. The number of urea groups is 1. The Hall–Kier alpha value is -2.17. The molecule has 0 N–H and O–H groups in total. The topological polar surface area (TPSA) is 57.7 Å². The molecule has 1 aliphatic heterocycles. The van der Waals surface area contributed by atoms with Crippen molar-refractivity contribution in [3.63, 3.8) is 0 Å². The van der Waals surface area contributed by atoms with E-state index in [2.05, 4.69) is 0 Å². The van der Waals surface area contributed by atoms with Gasteiger partial charge in [-0.25, -0.2) is 4.79 Å². The molecule has 0 bridgehead atoms. The van der Waals surface area contributed by atoms with Gasteiger partial charge in [0.25, 0.3) is 5.91 Å². The van der Waals surface area contributed by atoms with Crippen molar-refractivity contribution in [2.24, 2.45) is 0 Å². The van der Waals surface area contributed by atoms with Crippen LogP contribution in [0.3, 0.4) is 0 Å². The number of likely N-dealkylation sites (N-methyl/N-ethyl adjacent to an activating group) is 1. The van der Waals surface area contributed by atoms with Crippen molar-refractivity contribution in [2.45, 2.75) is 6.92 Å². The van der Waals surface area contributed by atoms with Crippen molar-refractivity contribution < 1.29 is 14.4 Å². The second-order valence-electron chi connectivity index (χ2n) is 4.41. The van der Waals surface area contributed by atoms with Gasteiger partial charge in [-0.3, -0.25) is 14.5 Å². The van der Waals surface area contributed by atoms with Gasteiger partial charge in [0.05, 0.1) is 6.54 Å². The maximum Gasteiger partial charge on any atom is 0.327 e. The summed E-state index contributed by atoms with van der Waals surface area (Å²) in [7, 11) is 1.54. The van der Waals surface area contributed by atoms with Crippen molar-refractivity contribution in [2.75, 3.05) is 20.1 Å². The Morgan fingerprint density at radius 2 is 1.83 bits per heavy atom. The number of carbonyl (C=O) groups is 3. The van der Waals surface area contributed by atoms with Gasteiger partial charge in [-0.2, -0.15) is 0 Å². The van der Waals surface area contributed by atoms with Crippen molar-refractivity contribution >= 4 is 17.7 Å². The summed E-state index contributed by atoms with van der Waals surface area (Å²) in [6.07, 6.45) is 0. The fourth-order valence-electron chi connectivity index (χ4n) is 1.80. The van der Waals surface area contributed by atoms with Crippen LogP contribution in [0.4, 0.5) is 4.79 Å². The van der Waals surface area contributed by atoms with Gasteiger partial charge in [0, 0.05) is 12.6 Å². The molecule has 0 aliphatic carbocycles. The van der Waals surface area contributed by atoms with Crippen LogP contribution < -0.4 is 0 Å². The first-order valence-corrected chi connectivity index (χ1v) is 5.64. The summed E-state index contributed by atoms with van der Waals surface area (Å²) in [6, 6.07) is 6.64. The number of carbonyl (C=O) groups excluding carboxylic acids is 3. The average Bonchev–Trinajstić information content (AvgIpc) is 2.57. The largest absolute Gasteiger partial charge is 0.327 e. The van der Waals surface area contributed by atoms with Gasteiger partial charge in [-0.15, -0.1) is 0 Å². The SMILES string of the molecule is Cc1ccc(C(=O)CN2C(=O)CN(C)C2=O)cc1. The highest BCUT2D eigenvalue weighted by Gasteiger charge is 2.34. The summed E-state index contributed by atoms with van der Waals surface area (Å²) in [5.41, 5.74) is 1.57. The zero-order valence-electron chi connectivity index (χ0n) is 10.3. The zero-order chi connectivity index (χ0) is 13.3. The Morgan fingerprint density at radius 1 is 1.22 bits per heavy atom. The quantitative estimate of drug-likeness (QED) is 0.592. The molecule has 0 unspecified atom stereocenters. The van der Waals surface area contributed by atoms with Crippen LogP contribution >= 0.6 is 0 Å². The van der Waals surface area contributed by atoms with Crippen LogP contribution in [-0.4, -0.2) is 47.7 Å². The first-order valence-electron chi connectivity index (χ1n) is 5.64. The third-order valence-corrected chi connectivity index (χ3v) is 2.91. The molecule has 5 nitrogen and oxygen atoms in total. The van der Waals surface area contributed by atoms with Crippen molar-refractivity contribution in [3.8, 4) is 0 Å². The van der Waals surface area contributed by atoms with Crippen LogP contribution in [-0.2, 0) is 4.79 Å². The van der Waals surface area contributed by atoms with Gasteiger partial charge in [0.1, 0.15) is 6.54 Å². The number of Topliss-reactive ketones (excluding diaryl/α,β-unsaturated/α-hetero) is 1. The molecule has 1 aliphatic rings. The number of nitrogens with zero attached hydrogens (tertiary/aromatic N) is 2. The van der Waals surface area contributed by atoms with E-state index >= 15 is 0 Å². The van der Waals surface area contributed by atoms with Crippen LogP contribution in [0.15, 0.2) is 24.3 Å². The van der Waals surface area contributed by atoms with E-state index in [0.717, 1.165) is 10.5 Å². The lowest BCUT2D eigenvalue weighted by Gasteiger charge is -2.13. The molecule has 2 rings (SSSR count). The first kappa shape index (κ1) is 12.3. The van der Waals surface area contributed by atoms with E-state index in [0.29, 0.717) is 5.56 Å². The number of rotatable bonds is 3. The van der Waals surface area contributed by atoms with Crippen molar-refractivity contribution in [3.05, 3.63) is 35.4 Å². The maximum absolute atomic E-state index is 11.9. The summed E-state index contributed by atoms with van der Waals surface area (Å²) in [5.74, 6) is -0.560. The number of amides is 3. The van der Waals surface area contributed by atoms with Gasteiger partial charge in [0.2, 0.25) is 0 Å². The third-order valence-electron chi connectivity index (χ3n) is 2.91. The lowest BCUT2D eigenvalue weighted by molar-refractivity contribution is -0.125. The molecular formula is C13H14N2O3. The first-order chi connectivity index (χ1) is 8.49. The van der Waals surface area contributed by atoms with E-state index in [4.69, 9.17) is 0 Å². The van der Waals surface area contributed by atoms with Crippen LogP contribution in [0.5, 0.6) is 0 Å². The fourth-order valence-corrected chi connectivity index (χ4v) is 1.80. The fraction of sp³-hybridized carbons (Fsp3) is 0.308. The highest BCUT2D eigenvalue weighted by molar-refractivity contribution is 6.07. The smallest absolute Gasteiger partial charge is 0.318 e. The number of imide groups is 1. The molecule has 0 radical (unpaired) electrons. The molecule has 0 atom stereocenters. The molecule has 0 saturated carbocycles. The summed E-state index contributed by atoms with van der Waals surface area (Å²) >= 11 is 0. The summed E-state index contributed by atoms with van der Waals surface area (Å²) in [5, 5.41) is 0. The molecule has 18 heavy (non-hydrogen) atoms. The Kier molecular flexibility index (Phi) is 3.14. The summed E-state index contributed by atoms with van der Waals surface area (Å²) < 4.78 is 0. The van der Waals surface area contributed by atoms with Crippen molar-refractivity contribution in [1.82, 2.24) is 9.80 Å². The van der Waals surface area contributed by atoms with Gasteiger partial charge in [-0.05, 0) is 6.92 Å². The van der Waals surface area contributed by atoms with Gasteiger partial charge in [0.15, 0.2) is 5.78 Å². The molecule has 1 heterocycles. The molecule has 94 valence electrons. The van der Waals surface area contributed by atoms with E-state index in [1.165, 1.54) is 11.9 Å². The van der Waals surface area contributed by atoms with Crippen LogP contribution in [0.1, 0.15) is 15.9 Å². The third kappa shape index (κ3) is 2.25. The molecule has 1 fully saturated rings. The Morgan fingerprint density at radius 3 is 2.33 bits per heavy atom. The Labute approximate surface area is 105 Å². The van der Waals surface area contributed by atoms with E-state index in [1.54, 1.807) is 12.1 Å². The predicted molar refractivity (Wildman–Crippen MR) is 65.2 cm³/mol. The van der Waals surface area contributed by atoms with E-state index in [9.17, 15) is 14.4 Å². The van der Waals surface area contributed by atoms with E-state index in [-0.39, 0.29) is 24.8 Å². The minimum Gasteiger partial charge on any atom is -0.318 e. The number of hydrogen-bond donors (Lipinski definition) is 0. The number of hydrogen-bond acceptors (Lipinski definition) is 3. The highest BCUT2D eigenvalue weighted by Crippen LogP contribution is 2.10. The molecule has 5 heteroatoms. The predicted octanol–water partition coefficient (Wildman–Crippen LogP) is 1.07. The molecule has 0 aromatic heterocycles. The maximum atomic E-state index is 11.9. The second-order valence-corrected chi connectivity index (χ2v) is 4.41. The van der Waals surface area contributed by atoms with Crippen LogP contribution in [0, 0.1) is 6.92 Å². The average molecular weight is 246 g/mol. The second kappa shape index (κ2) is 4.60. The zero-order valence-corrected chi connectivity index (χ0v) is 10.3. The molecule has 1 saturated heterocycles. The molecule has 3 amide bonds. The highest BCUT2D eigenvalue weighted by atomic mass is 16.2. The number of aryl methyl sites for hydroxylation is 1. The van der Waals surface area contributed by atoms with Gasteiger partial charge in [-0.1, -0.05) is 29.8 Å². The lowest BCUT2D eigenvalue weighted by atomic mass is 10.1. The monoisotopic (exact) mass is 246 g/mol. The normalized spacial score (nSPS) is 15.4. The Bertz CT molecular complexity index is 507. The van der Waals surface area contributed by atoms with Crippen molar-refractivity contribution in [1.29, 1.82) is 0 Å². The lowest BCUT2D eigenvalue weighted by Crippen LogP contribution is -2.36. The van der Waals surface area contributed by atoms with Gasteiger partial charge < -0.3 is 4.90 Å². The van der Waals surface area contributed by atoms with Crippen LogP contribution in [0.2, 0.25) is 0 Å². The van der Waals surface area contributed by atoms with E-state index in [1.807, 2.05) is 19.1 Å². The van der Waals surface area contributed by atoms with E-state index < -0.39 is 6.03 Å². The standard InChI is InChI=1S/C13H14N2O3/c1-9-3-5-10(6-4-9)11(16)7-15-12(17)8-14(2)13(15)18/h3-6H,7-8H2,1-2H3. The summed E-state index contributed by atoms with van der Waals surface area (Å²) in [6.45, 7) is 1.78. The number of ketones is 1. The Balaban J connectivity index is 2.10. The van der Waals surface area contributed by atoms with Gasteiger partial charge >= 0.3 is 6.03 Å².